The lowest BCUT2D eigenvalue weighted by atomic mass is 9.95. The number of imidazole rings is 1. The largest absolute Gasteiger partial charge is 0.466 e. The van der Waals surface area contributed by atoms with Gasteiger partial charge in [-0.05, 0) is 36.8 Å². The Morgan fingerprint density at radius 1 is 1.24 bits per heavy atom. The van der Waals surface area contributed by atoms with Gasteiger partial charge in [0.25, 0.3) is 0 Å². The smallest absolute Gasteiger partial charge is 0.337 e. The maximum atomic E-state index is 12.5. The van der Waals surface area contributed by atoms with Crippen molar-refractivity contribution in [2.75, 3.05) is 12.4 Å². The van der Waals surface area contributed by atoms with E-state index in [4.69, 9.17) is 16.3 Å². The minimum absolute atomic E-state index is 0.366. The number of allylic oxidation sites excluding steroid dienone is 1. The maximum absolute atomic E-state index is 12.5. The van der Waals surface area contributed by atoms with Gasteiger partial charge in [0.2, 0.25) is 5.95 Å². The van der Waals surface area contributed by atoms with E-state index in [1.165, 1.54) is 7.11 Å². The summed E-state index contributed by atoms with van der Waals surface area (Å²) in [5.41, 5.74) is 3.96. The van der Waals surface area contributed by atoms with E-state index in [0.29, 0.717) is 16.5 Å². The Balaban J connectivity index is 2.03. The number of benzene rings is 2. The molecule has 0 aliphatic carbocycles. The summed E-state index contributed by atoms with van der Waals surface area (Å²) < 4.78 is 7.06. The molecule has 126 valence electrons. The van der Waals surface area contributed by atoms with Gasteiger partial charge in [0.1, 0.15) is 0 Å². The normalized spacial score (nSPS) is 16.5. The van der Waals surface area contributed by atoms with E-state index in [1.807, 2.05) is 60.0 Å². The van der Waals surface area contributed by atoms with E-state index in [0.717, 1.165) is 22.3 Å². The van der Waals surface area contributed by atoms with E-state index in [1.54, 1.807) is 0 Å². The minimum atomic E-state index is -0.376. The monoisotopic (exact) mass is 353 g/mol. The van der Waals surface area contributed by atoms with Gasteiger partial charge in [-0.25, -0.2) is 9.78 Å². The number of esters is 1. The predicted molar refractivity (Wildman–Crippen MR) is 97.7 cm³/mol. The van der Waals surface area contributed by atoms with Crippen LogP contribution < -0.4 is 5.32 Å². The summed E-state index contributed by atoms with van der Waals surface area (Å²) in [4.78, 5) is 17.2. The zero-order valence-electron chi connectivity index (χ0n) is 13.8. The number of para-hydroxylation sites is 2. The molecule has 0 amide bonds. The van der Waals surface area contributed by atoms with E-state index in [-0.39, 0.29) is 12.0 Å². The lowest BCUT2D eigenvalue weighted by molar-refractivity contribution is -0.136. The number of carbonyl (C=O) groups excluding carboxylic acids is 1. The van der Waals surface area contributed by atoms with Gasteiger partial charge < -0.3 is 10.1 Å². The quantitative estimate of drug-likeness (QED) is 0.703. The van der Waals surface area contributed by atoms with Gasteiger partial charge in [0.15, 0.2) is 0 Å². The van der Waals surface area contributed by atoms with Crippen LogP contribution in [-0.2, 0) is 9.53 Å². The molecule has 0 unspecified atom stereocenters. The second-order valence-corrected chi connectivity index (χ2v) is 6.34. The molecule has 0 spiro atoms. The number of hydrogen-bond donors (Lipinski definition) is 1. The first-order chi connectivity index (χ1) is 12.1. The predicted octanol–water partition coefficient (Wildman–Crippen LogP) is 4.15. The van der Waals surface area contributed by atoms with Gasteiger partial charge in [-0.2, -0.15) is 0 Å². The fourth-order valence-corrected chi connectivity index (χ4v) is 3.53. The van der Waals surface area contributed by atoms with Gasteiger partial charge in [0, 0.05) is 10.7 Å². The molecule has 1 atom stereocenters. The molecule has 0 radical (unpaired) electrons. The summed E-state index contributed by atoms with van der Waals surface area (Å²) in [6.07, 6.45) is 0. The molecule has 5 nitrogen and oxygen atoms in total. The summed E-state index contributed by atoms with van der Waals surface area (Å²) in [5.74, 6) is 0.315. The van der Waals surface area contributed by atoms with Gasteiger partial charge in [-0.3, -0.25) is 4.57 Å². The molecule has 1 N–H and O–H groups in total. The number of nitrogens with one attached hydrogen (secondary N) is 1. The summed E-state index contributed by atoms with van der Waals surface area (Å²) in [5, 5.41) is 3.84. The third kappa shape index (κ3) is 2.48. The lowest BCUT2D eigenvalue weighted by Crippen LogP contribution is -2.28. The Morgan fingerprint density at radius 3 is 2.80 bits per heavy atom. The molecule has 2 heterocycles. The first-order valence-corrected chi connectivity index (χ1v) is 8.26. The molecule has 3 aromatic rings. The molecule has 1 aliphatic heterocycles. The summed E-state index contributed by atoms with van der Waals surface area (Å²) in [6.45, 7) is 1.85. The Kier molecular flexibility index (Phi) is 3.73. The van der Waals surface area contributed by atoms with Crippen LogP contribution in [-0.4, -0.2) is 22.6 Å². The first-order valence-electron chi connectivity index (χ1n) is 7.88. The molecule has 4 rings (SSSR count). The highest BCUT2D eigenvalue weighted by molar-refractivity contribution is 6.30. The topological polar surface area (TPSA) is 56.1 Å². The van der Waals surface area contributed by atoms with E-state index in [2.05, 4.69) is 10.3 Å². The highest BCUT2D eigenvalue weighted by Crippen LogP contribution is 2.39. The van der Waals surface area contributed by atoms with Crippen molar-refractivity contribution in [1.82, 2.24) is 9.55 Å². The average Bonchev–Trinajstić information content (AvgIpc) is 2.97. The number of anilines is 1. The van der Waals surface area contributed by atoms with Crippen LogP contribution >= 0.6 is 11.6 Å². The lowest BCUT2D eigenvalue weighted by Gasteiger charge is -2.30. The van der Waals surface area contributed by atoms with E-state index >= 15 is 0 Å². The second kappa shape index (κ2) is 5.93. The molecule has 0 saturated carbocycles. The van der Waals surface area contributed by atoms with Gasteiger partial charge >= 0.3 is 5.97 Å². The molecule has 1 aliphatic rings. The summed E-state index contributed by atoms with van der Waals surface area (Å²) in [7, 11) is 1.39. The molecular formula is C19H16ClN3O2. The fourth-order valence-electron chi connectivity index (χ4n) is 3.33. The number of hydrogen-bond acceptors (Lipinski definition) is 4. The average molecular weight is 354 g/mol. The third-order valence-electron chi connectivity index (χ3n) is 4.40. The van der Waals surface area contributed by atoms with Crippen LogP contribution in [0.1, 0.15) is 18.5 Å². The molecule has 6 heteroatoms. The Bertz CT molecular complexity index is 1020. The molecular weight excluding hydrogens is 338 g/mol. The number of ether oxygens (including phenoxy) is 1. The van der Waals surface area contributed by atoms with Crippen LogP contribution in [0, 0.1) is 0 Å². The molecule has 0 bridgehead atoms. The SMILES string of the molecule is COC(=O)C1=C(C)Nc2nc3ccccc3n2[C@@H]1c1cccc(Cl)c1. The molecule has 25 heavy (non-hydrogen) atoms. The van der Waals surface area contributed by atoms with Crippen molar-refractivity contribution in [2.24, 2.45) is 0 Å². The molecule has 0 saturated heterocycles. The first kappa shape index (κ1) is 15.7. The van der Waals surface area contributed by atoms with Crippen LogP contribution in [0.5, 0.6) is 0 Å². The maximum Gasteiger partial charge on any atom is 0.337 e. The van der Waals surface area contributed by atoms with Crippen molar-refractivity contribution < 1.29 is 9.53 Å². The standard InChI is InChI=1S/C19H16ClN3O2/c1-11-16(18(24)25-2)17(12-6-5-7-13(20)10-12)23-15-9-4-3-8-14(15)22-19(23)21-11/h3-10,17H,1-2H3,(H,21,22)/t17-/m1/s1. The van der Waals surface area contributed by atoms with Gasteiger partial charge in [-0.15, -0.1) is 0 Å². The number of methoxy groups -OCH3 is 1. The fraction of sp³-hybridized carbons (Fsp3) is 0.158. The van der Waals surface area contributed by atoms with Crippen molar-refractivity contribution in [3.8, 4) is 0 Å². The van der Waals surface area contributed by atoms with Crippen LogP contribution in [0.3, 0.4) is 0 Å². The zero-order chi connectivity index (χ0) is 17.6. The Labute approximate surface area is 149 Å². The second-order valence-electron chi connectivity index (χ2n) is 5.91. The number of fused-ring (bicyclic) bond motifs is 3. The van der Waals surface area contributed by atoms with Crippen molar-refractivity contribution in [2.45, 2.75) is 13.0 Å². The highest BCUT2D eigenvalue weighted by Gasteiger charge is 2.34. The molecule has 2 aromatic carbocycles. The number of rotatable bonds is 2. The van der Waals surface area contributed by atoms with Crippen molar-refractivity contribution in [1.29, 1.82) is 0 Å². The highest BCUT2D eigenvalue weighted by atomic mass is 35.5. The van der Waals surface area contributed by atoms with Crippen molar-refractivity contribution >= 4 is 34.6 Å². The molecule has 1 aromatic heterocycles. The van der Waals surface area contributed by atoms with Crippen LogP contribution in [0.4, 0.5) is 5.95 Å². The van der Waals surface area contributed by atoms with Gasteiger partial charge in [0.05, 0.1) is 29.8 Å². The van der Waals surface area contributed by atoms with Crippen LogP contribution in [0.15, 0.2) is 59.8 Å². The molecule has 0 fully saturated rings. The van der Waals surface area contributed by atoms with Crippen molar-refractivity contribution in [3.05, 3.63) is 70.4 Å². The minimum Gasteiger partial charge on any atom is -0.466 e. The van der Waals surface area contributed by atoms with E-state index in [9.17, 15) is 4.79 Å². The zero-order valence-corrected chi connectivity index (χ0v) is 14.5. The summed E-state index contributed by atoms with van der Waals surface area (Å²) in [6, 6.07) is 15.0. The van der Waals surface area contributed by atoms with Crippen molar-refractivity contribution in [3.63, 3.8) is 0 Å². The number of carbonyl (C=O) groups is 1. The van der Waals surface area contributed by atoms with E-state index < -0.39 is 0 Å². The number of aromatic nitrogens is 2. The van der Waals surface area contributed by atoms with Gasteiger partial charge in [-0.1, -0.05) is 35.9 Å². The van der Waals surface area contributed by atoms with Crippen LogP contribution in [0.25, 0.3) is 11.0 Å². The van der Waals surface area contributed by atoms with Crippen LogP contribution in [0.2, 0.25) is 5.02 Å². The number of nitrogens with zero attached hydrogens (tertiary/aromatic N) is 2. The Morgan fingerprint density at radius 2 is 2.04 bits per heavy atom. The number of halogens is 1. The summed E-state index contributed by atoms with van der Waals surface area (Å²) >= 11 is 6.21. The Hall–Kier alpha value is -2.79. The third-order valence-corrected chi connectivity index (χ3v) is 4.64.